The van der Waals surface area contributed by atoms with Gasteiger partial charge in [0.1, 0.15) is 0 Å². The van der Waals surface area contributed by atoms with Gasteiger partial charge in [-0.2, -0.15) is 13.2 Å². The van der Waals surface area contributed by atoms with Crippen molar-refractivity contribution in [3.8, 4) is 11.1 Å². The van der Waals surface area contributed by atoms with E-state index in [0.717, 1.165) is 30.2 Å². The molecule has 0 radical (unpaired) electrons. The fraction of sp³-hybridized carbons (Fsp3) is 0.125. The number of hydrogen-bond acceptors (Lipinski definition) is 1. The Labute approximate surface area is 161 Å². The van der Waals surface area contributed by atoms with E-state index in [1.165, 1.54) is 28.5 Å². The van der Waals surface area contributed by atoms with Gasteiger partial charge in [0, 0.05) is 11.9 Å². The standard InChI is InChI=1S/C24H18F3N/c25-24(26,27)22-7-3-6-20(15-22)21-12-13-28-23(16-21)11-9-17-8-10-18-4-1-2-5-19(18)14-17/h1-8,10,12-16H,9,11H2. The Morgan fingerprint density at radius 3 is 2.29 bits per heavy atom. The zero-order valence-electron chi connectivity index (χ0n) is 15.1. The average molecular weight is 377 g/mol. The number of alkyl halides is 3. The Morgan fingerprint density at radius 1 is 0.679 bits per heavy atom. The number of nitrogens with zero attached hydrogens (tertiary/aromatic N) is 1. The highest BCUT2D eigenvalue weighted by atomic mass is 19.4. The largest absolute Gasteiger partial charge is 0.416 e. The van der Waals surface area contributed by atoms with E-state index in [4.69, 9.17) is 0 Å². The van der Waals surface area contributed by atoms with Gasteiger partial charge in [-0.25, -0.2) is 0 Å². The molecule has 0 aliphatic carbocycles. The third kappa shape index (κ3) is 4.06. The third-order valence-corrected chi connectivity index (χ3v) is 4.82. The van der Waals surface area contributed by atoms with Crippen molar-refractivity contribution in [3.05, 3.63) is 102 Å². The Hall–Kier alpha value is -3.14. The van der Waals surface area contributed by atoms with Crippen LogP contribution in [0, 0.1) is 0 Å². The first kappa shape index (κ1) is 18.2. The smallest absolute Gasteiger partial charge is 0.261 e. The zero-order chi connectivity index (χ0) is 19.6. The Bertz CT molecular complexity index is 1120. The van der Waals surface area contributed by atoms with Gasteiger partial charge in [0.2, 0.25) is 0 Å². The number of aromatic nitrogens is 1. The number of fused-ring (bicyclic) bond motifs is 1. The van der Waals surface area contributed by atoms with Crippen molar-refractivity contribution in [2.24, 2.45) is 0 Å². The molecule has 0 N–H and O–H groups in total. The summed E-state index contributed by atoms with van der Waals surface area (Å²) in [7, 11) is 0. The highest BCUT2D eigenvalue weighted by Gasteiger charge is 2.30. The SMILES string of the molecule is FC(F)(F)c1cccc(-c2ccnc(CCc3ccc4ccccc4c3)c2)c1. The summed E-state index contributed by atoms with van der Waals surface area (Å²) in [6.45, 7) is 0. The molecule has 1 aromatic heterocycles. The first-order chi connectivity index (χ1) is 13.5. The summed E-state index contributed by atoms with van der Waals surface area (Å²) >= 11 is 0. The van der Waals surface area contributed by atoms with Gasteiger partial charge in [-0.15, -0.1) is 0 Å². The molecule has 0 aliphatic rings. The molecule has 4 aromatic rings. The summed E-state index contributed by atoms with van der Waals surface area (Å²) in [5.74, 6) is 0. The molecule has 0 spiro atoms. The highest BCUT2D eigenvalue weighted by molar-refractivity contribution is 5.83. The predicted octanol–water partition coefficient (Wildman–Crippen LogP) is 6.71. The topological polar surface area (TPSA) is 12.9 Å². The lowest BCUT2D eigenvalue weighted by Gasteiger charge is -2.10. The second-order valence-corrected chi connectivity index (χ2v) is 6.80. The van der Waals surface area contributed by atoms with E-state index in [0.29, 0.717) is 5.56 Å². The summed E-state index contributed by atoms with van der Waals surface area (Å²) < 4.78 is 38.9. The lowest BCUT2D eigenvalue weighted by molar-refractivity contribution is -0.137. The van der Waals surface area contributed by atoms with Gasteiger partial charge in [-0.05, 0) is 64.6 Å². The molecule has 3 aromatic carbocycles. The van der Waals surface area contributed by atoms with Crippen LogP contribution in [0.2, 0.25) is 0 Å². The van der Waals surface area contributed by atoms with Gasteiger partial charge < -0.3 is 0 Å². The van der Waals surface area contributed by atoms with Crippen LogP contribution < -0.4 is 0 Å². The van der Waals surface area contributed by atoms with Gasteiger partial charge in [0.25, 0.3) is 0 Å². The molecule has 4 rings (SSSR count). The number of benzene rings is 3. The van der Waals surface area contributed by atoms with Gasteiger partial charge in [-0.1, -0.05) is 54.6 Å². The van der Waals surface area contributed by atoms with Gasteiger partial charge in [-0.3, -0.25) is 4.98 Å². The highest BCUT2D eigenvalue weighted by Crippen LogP contribution is 2.32. The van der Waals surface area contributed by atoms with Crippen LogP contribution in [0.3, 0.4) is 0 Å². The summed E-state index contributed by atoms with van der Waals surface area (Å²) in [6, 6.07) is 23.6. The van der Waals surface area contributed by atoms with Crippen LogP contribution in [-0.2, 0) is 19.0 Å². The maximum atomic E-state index is 13.0. The molecule has 0 saturated carbocycles. The molecule has 4 heteroatoms. The van der Waals surface area contributed by atoms with E-state index in [9.17, 15) is 13.2 Å². The van der Waals surface area contributed by atoms with Crippen molar-refractivity contribution in [1.82, 2.24) is 4.98 Å². The lowest BCUT2D eigenvalue weighted by Crippen LogP contribution is -2.04. The van der Waals surface area contributed by atoms with E-state index < -0.39 is 11.7 Å². The Morgan fingerprint density at radius 2 is 1.46 bits per heavy atom. The van der Waals surface area contributed by atoms with Crippen LogP contribution in [0.4, 0.5) is 13.2 Å². The normalized spacial score (nSPS) is 11.7. The van der Waals surface area contributed by atoms with Crippen LogP contribution in [0.5, 0.6) is 0 Å². The fourth-order valence-electron chi connectivity index (χ4n) is 3.34. The molecule has 0 atom stereocenters. The maximum Gasteiger partial charge on any atom is 0.416 e. The third-order valence-electron chi connectivity index (χ3n) is 4.82. The molecular weight excluding hydrogens is 359 g/mol. The van der Waals surface area contributed by atoms with E-state index in [1.54, 1.807) is 18.3 Å². The zero-order valence-corrected chi connectivity index (χ0v) is 15.1. The molecule has 0 saturated heterocycles. The van der Waals surface area contributed by atoms with Crippen molar-refractivity contribution in [2.75, 3.05) is 0 Å². The van der Waals surface area contributed by atoms with Crippen molar-refractivity contribution in [3.63, 3.8) is 0 Å². The molecule has 0 unspecified atom stereocenters. The number of rotatable bonds is 4. The molecule has 140 valence electrons. The molecule has 0 fully saturated rings. The number of halogens is 3. The average Bonchev–Trinajstić information content (AvgIpc) is 2.72. The number of hydrogen-bond donors (Lipinski definition) is 0. The Balaban J connectivity index is 1.54. The molecule has 1 nitrogen and oxygen atoms in total. The predicted molar refractivity (Wildman–Crippen MR) is 106 cm³/mol. The molecule has 1 heterocycles. The van der Waals surface area contributed by atoms with Crippen molar-refractivity contribution in [1.29, 1.82) is 0 Å². The Kier molecular flexibility index (Phi) is 4.86. The summed E-state index contributed by atoms with van der Waals surface area (Å²) in [5.41, 5.74) is 2.73. The lowest BCUT2D eigenvalue weighted by atomic mass is 10.0. The first-order valence-corrected chi connectivity index (χ1v) is 9.09. The van der Waals surface area contributed by atoms with Crippen molar-refractivity contribution in [2.45, 2.75) is 19.0 Å². The summed E-state index contributed by atoms with van der Waals surface area (Å²) in [5, 5.41) is 2.40. The first-order valence-electron chi connectivity index (χ1n) is 9.09. The van der Waals surface area contributed by atoms with Gasteiger partial charge in [0.15, 0.2) is 0 Å². The van der Waals surface area contributed by atoms with E-state index in [-0.39, 0.29) is 0 Å². The molecule has 0 aliphatic heterocycles. The number of aryl methyl sites for hydroxylation is 2. The van der Waals surface area contributed by atoms with Gasteiger partial charge in [0.05, 0.1) is 5.56 Å². The molecular formula is C24H18F3N. The quantitative estimate of drug-likeness (QED) is 0.385. The second kappa shape index (κ2) is 7.47. The number of pyridine rings is 1. The summed E-state index contributed by atoms with van der Waals surface area (Å²) in [6.07, 6.45) is -1.14. The van der Waals surface area contributed by atoms with Gasteiger partial charge >= 0.3 is 6.18 Å². The minimum absolute atomic E-state index is 0.546. The molecule has 28 heavy (non-hydrogen) atoms. The summed E-state index contributed by atoms with van der Waals surface area (Å²) in [4.78, 5) is 4.39. The van der Waals surface area contributed by atoms with Crippen molar-refractivity contribution >= 4 is 10.8 Å². The van der Waals surface area contributed by atoms with Crippen LogP contribution in [0.1, 0.15) is 16.8 Å². The maximum absolute atomic E-state index is 13.0. The van der Waals surface area contributed by atoms with Crippen LogP contribution in [0.25, 0.3) is 21.9 Å². The van der Waals surface area contributed by atoms with Crippen LogP contribution in [0.15, 0.2) is 85.1 Å². The molecule has 0 bridgehead atoms. The minimum Gasteiger partial charge on any atom is -0.261 e. The fourth-order valence-corrected chi connectivity index (χ4v) is 3.34. The minimum atomic E-state index is -4.35. The van der Waals surface area contributed by atoms with E-state index in [2.05, 4.69) is 35.3 Å². The van der Waals surface area contributed by atoms with E-state index >= 15 is 0 Å². The van der Waals surface area contributed by atoms with Crippen molar-refractivity contribution < 1.29 is 13.2 Å². The van der Waals surface area contributed by atoms with E-state index in [1.807, 2.05) is 18.2 Å². The van der Waals surface area contributed by atoms with Crippen LogP contribution >= 0.6 is 0 Å². The monoisotopic (exact) mass is 377 g/mol. The van der Waals surface area contributed by atoms with Crippen LogP contribution in [-0.4, -0.2) is 4.98 Å². The second-order valence-electron chi connectivity index (χ2n) is 6.80. The molecule has 0 amide bonds.